The summed E-state index contributed by atoms with van der Waals surface area (Å²) in [5, 5.41) is 0. The van der Waals surface area contributed by atoms with Gasteiger partial charge < -0.3 is 9.47 Å². The van der Waals surface area contributed by atoms with E-state index < -0.39 is 14.1 Å². The third kappa shape index (κ3) is 4.85. The summed E-state index contributed by atoms with van der Waals surface area (Å²) in [5.74, 6) is 0.145. The molecule has 2 unspecified atom stereocenters. The second kappa shape index (κ2) is 8.65. The van der Waals surface area contributed by atoms with Crippen molar-refractivity contribution in [2.75, 3.05) is 19.4 Å². The molecule has 4 nitrogen and oxygen atoms in total. The molecule has 0 aromatic rings. The van der Waals surface area contributed by atoms with Crippen LogP contribution in [0.15, 0.2) is 0 Å². The van der Waals surface area contributed by atoms with Gasteiger partial charge >= 0.3 is 14.4 Å². The zero-order valence-corrected chi connectivity index (χ0v) is 13.1. The van der Waals surface area contributed by atoms with Gasteiger partial charge in [-0.25, -0.2) is 4.79 Å². The Balaban J connectivity index is 2.79. The van der Waals surface area contributed by atoms with Gasteiger partial charge in [-0.3, -0.25) is 0 Å². The molecule has 1 aliphatic carbocycles. The number of ether oxygens (including phenoxy) is 2. The number of carbonyl (C=O) groups is 1. The first kappa shape index (κ1) is 16.6. The van der Waals surface area contributed by atoms with E-state index in [0.29, 0.717) is 25.6 Å². The standard InChI is InChI=1S/C14H25O4P/c1-3-17-13(15)14(11-19-16,18-4-2)10-12-8-6-5-7-9-12/h12H,3-11H2,1-2H3/p+1. The number of hydrogen-bond donors (Lipinski definition) is 0. The van der Waals surface area contributed by atoms with Crippen molar-refractivity contribution in [3.8, 4) is 0 Å². The van der Waals surface area contributed by atoms with E-state index in [4.69, 9.17) is 9.47 Å². The molecule has 0 bridgehead atoms. The molecule has 1 rings (SSSR count). The summed E-state index contributed by atoms with van der Waals surface area (Å²) in [7, 11) is -0.539. The minimum Gasteiger partial charge on any atom is -0.464 e. The maximum atomic E-state index is 12.2. The maximum Gasteiger partial charge on any atom is 0.342 e. The highest BCUT2D eigenvalue weighted by atomic mass is 31.1. The van der Waals surface area contributed by atoms with E-state index >= 15 is 0 Å². The molecule has 0 aliphatic heterocycles. The Kier molecular flexibility index (Phi) is 7.55. The van der Waals surface area contributed by atoms with Gasteiger partial charge in [-0.1, -0.05) is 36.7 Å². The van der Waals surface area contributed by atoms with E-state index in [1.54, 1.807) is 6.92 Å². The molecule has 0 amide bonds. The van der Waals surface area contributed by atoms with Crippen LogP contribution in [0.1, 0.15) is 52.4 Å². The number of carbonyl (C=O) groups excluding carboxylic acids is 1. The van der Waals surface area contributed by atoms with Crippen LogP contribution in [0.5, 0.6) is 0 Å². The predicted molar refractivity (Wildman–Crippen MR) is 76.1 cm³/mol. The Hall–Kier alpha value is -0.470. The van der Waals surface area contributed by atoms with Gasteiger partial charge in [0.2, 0.25) is 5.60 Å². The molecule has 2 atom stereocenters. The second-order valence-electron chi connectivity index (χ2n) is 5.18. The summed E-state index contributed by atoms with van der Waals surface area (Å²) in [6.45, 7) is 4.42. The Morgan fingerprint density at radius 2 is 1.89 bits per heavy atom. The van der Waals surface area contributed by atoms with Crippen LogP contribution in [0.2, 0.25) is 0 Å². The lowest BCUT2D eigenvalue weighted by atomic mass is 9.81. The van der Waals surface area contributed by atoms with Gasteiger partial charge in [0.1, 0.15) is 0 Å². The van der Waals surface area contributed by atoms with Gasteiger partial charge in [0.05, 0.1) is 6.61 Å². The van der Waals surface area contributed by atoms with Crippen LogP contribution in [0, 0.1) is 5.92 Å². The topological polar surface area (TPSA) is 52.6 Å². The van der Waals surface area contributed by atoms with E-state index in [9.17, 15) is 9.36 Å². The molecule has 110 valence electrons. The molecule has 0 heterocycles. The van der Waals surface area contributed by atoms with Crippen LogP contribution >= 0.6 is 8.46 Å². The first-order chi connectivity index (χ1) is 9.18. The minimum atomic E-state index is -0.993. The van der Waals surface area contributed by atoms with Crippen LogP contribution in [-0.4, -0.2) is 30.9 Å². The van der Waals surface area contributed by atoms with Crippen LogP contribution < -0.4 is 0 Å². The third-order valence-electron chi connectivity index (χ3n) is 3.77. The highest BCUT2D eigenvalue weighted by Crippen LogP contribution is 2.34. The lowest BCUT2D eigenvalue weighted by Gasteiger charge is -2.32. The molecule has 0 N–H and O–H groups in total. The maximum absolute atomic E-state index is 12.2. The molecule has 5 heteroatoms. The van der Waals surface area contributed by atoms with E-state index in [1.165, 1.54) is 19.3 Å². The Bertz CT molecular complexity index is 289. The molecule has 0 saturated heterocycles. The molecule has 1 aliphatic rings. The zero-order chi connectivity index (χ0) is 14.1. The normalized spacial score (nSPS) is 20.1. The highest BCUT2D eigenvalue weighted by Gasteiger charge is 2.46. The fraction of sp³-hybridized carbons (Fsp3) is 0.929. The molecule has 1 fully saturated rings. The van der Waals surface area contributed by atoms with Gasteiger partial charge in [-0.15, -0.1) is 0 Å². The summed E-state index contributed by atoms with van der Waals surface area (Å²) < 4.78 is 22.0. The molecular weight excluding hydrogens is 263 g/mol. The van der Waals surface area contributed by atoms with Crippen molar-refractivity contribution in [1.29, 1.82) is 0 Å². The van der Waals surface area contributed by atoms with Crippen molar-refractivity contribution in [1.82, 2.24) is 0 Å². The summed E-state index contributed by atoms with van der Waals surface area (Å²) >= 11 is 0. The van der Waals surface area contributed by atoms with Crippen molar-refractivity contribution in [2.45, 2.75) is 58.0 Å². The molecule has 0 aromatic heterocycles. The van der Waals surface area contributed by atoms with Crippen LogP contribution in [0.4, 0.5) is 0 Å². The first-order valence-corrected chi connectivity index (χ1v) is 8.46. The molecule has 1 saturated carbocycles. The highest BCUT2D eigenvalue weighted by molar-refractivity contribution is 7.23. The van der Waals surface area contributed by atoms with E-state index in [0.717, 1.165) is 12.8 Å². The molecule has 0 spiro atoms. The summed E-state index contributed by atoms with van der Waals surface area (Å²) in [5.41, 5.74) is -0.993. The minimum absolute atomic E-state index is 0.246. The second-order valence-corrected chi connectivity index (χ2v) is 5.82. The quantitative estimate of drug-likeness (QED) is 0.508. The summed E-state index contributed by atoms with van der Waals surface area (Å²) in [6, 6.07) is 0. The van der Waals surface area contributed by atoms with Crippen LogP contribution in [-0.2, 0) is 18.8 Å². The van der Waals surface area contributed by atoms with Crippen molar-refractivity contribution < 1.29 is 18.8 Å². The fourth-order valence-corrected chi connectivity index (χ4v) is 3.53. The van der Waals surface area contributed by atoms with Crippen LogP contribution in [0.3, 0.4) is 0 Å². The molecule has 0 radical (unpaired) electrons. The van der Waals surface area contributed by atoms with Gasteiger partial charge in [-0.2, -0.15) is 0 Å². The van der Waals surface area contributed by atoms with Crippen molar-refractivity contribution in [3.63, 3.8) is 0 Å². The Morgan fingerprint density at radius 3 is 2.42 bits per heavy atom. The summed E-state index contributed by atoms with van der Waals surface area (Å²) in [4.78, 5) is 12.2. The lowest BCUT2D eigenvalue weighted by Crippen LogP contribution is -2.47. The van der Waals surface area contributed by atoms with Crippen molar-refractivity contribution in [2.24, 2.45) is 5.92 Å². The smallest absolute Gasteiger partial charge is 0.342 e. The zero-order valence-electron chi connectivity index (χ0n) is 12.1. The summed E-state index contributed by atoms with van der Waals surface area (Å²) in [6.07, 6.45) is 6.88. The average Bonchev–Trinajstić information content (AvgIpc) is 2.40. The Labute approximate surface area is 117 Å². The van der Waals surface area contributed by atoms with Crippen molar-refractivity contribution >= 4 is 14.4 Å². The van der Waals surface area contributed by atoms with E-state index in [-0.39, 0.29) is 12.1 Å². The molecular formula is C14H26O4P+. The average molecular weight is 289 g/mol. The van der Waals surface area contributed by atoms with Crippen LogP contribution in [0.25, 0.3) is 0 Å². The van der Waals surface area contributed by atoms with E-state index in [1.807, 2.05) is 6.92 Å². The molecule has 0 aromatic carbocycles. The SMILES string of the molecule is CCOC(=O)C(C[PH+]=O)(CC1CCCCC1)OCC. The van der Waals surface area contributed by atoms with Crippen molar-refractivity contribution in [3.05, 3.63) is 0 Å². The third-order valence-corrected chi connectivity index (χ3v) is 4.48. The van der Waals surface area contributed by atoms with Gasteiger partial charge in [0.15, 0.2) is 6.16 Å². The number of rotatable bonds is 8. The lowest BCUT2D eigenvalue weighted by molar-refractivity contribution is -0.171. The Morgan fingerprint density at radius 1 is 1.21 bits per heavy atom. The van der Waals surface area contributed by atoms with Gasteiger partial charge in [-0.05, 0) is 26.2 Å². The first-order valence-electron chi connectivity index (χ1n) is 7.34. The largest absolute Gasteiger partial charge is 0.464 e. The predicted octanol–water partition coefficient (Wildman–Crippen LogP) is 3.32. The fourth-order valence-electron chi connectivity index (χ4n) is 2.91. The van der Waals surface area contributed by atoms with Gasteiger partial charge in [0.25, 0.3) is 0 Å². The number of esters is 1. The monoisotopic (exact) mass is 289 g/mol. The van der Waals surface area contributed by atoms with Gasteiger partial charge in [0, 0.05) is 6.61 Å². The molecule has 19 heavy (non-hydrogen) atoms. The number of hydrogen-bond acceptors (Lipinski definition) is 4. The van der Waals surface area contributed by atoms with E-state index in [2.05, 4.69) is 0 Å².